The quantitative estimate of drug-likeness (QED) is 0.515. The van der Waals surface area contributed by atoms with Gasteiger partial charge in [-0.05, 0) is 53.7 Å². The fraction of sp³-hybridized carbons (Fsp3) is 0.875. The Morgan fingerprint density at radius 3 is 2.40 bits per heavy atom. The molecule has 0 amide bonds. The van der Waals surface area contributed by atoms with Gasteiger partial charge >= 0.3 is 0 Å². The first-order chi connectivity index (χ1) is 4.77. The monoisotopic (exact) mass is 250 g/mol. The summed E-state index contributed by atoms with van der Waals surface area (Å²) in [6.07, 6.45) is 5.26. The molecule has 0 radical (unpaired) electrons. The molecule has 3 unspecified atom stereocenters. The Balaban J connectivity index is 2.08. The first-order valence-corrected chi connectivity index (χ1v) is 5.04. The van der Waals surface area contributed by atoms with E-state index in [0.29, 0.717) is 9.71 Å². The molecule has 3 atom stereocenters. The van der Waals surface area contributed by atoms with Crippen molar-refractivity contribution in [1.82, 2.24) is 0 Å². The Labute approximate surface area is 74.7 Å². The van der Waals surface area contributed by atoms with E-state index < -0.39 is 0 Å². The maximum absolute atomic E-state index is 11.0. The van der Waals surface area contributed by atoms with Crippen molar-refractivity contribution in [3.05, 3.63) is 0 Å². The number of rotatable bonds is 1. The maximum atomic E-state index is 11.0. The third-order valence-electron chi connectivity index (χ3n) is 3.03. The predicted molar refractivity (Wildman–Crippen MR) is 48.0 cm³/mol. The first kappa shape index (κ1) is 7.07. The molecule has 0 saturated heterocycles. The van der Waals surface area contributed by atoms with Crippen molar-refractivity contribution in [2.24, 2.45) is 17.8 Å². The lowest BCUT2D eigenvalue weighted by atomic mass is 9.90. The van der Waals surface area contributed by atoms with Gasteiger partial charge in [0.05, 0.1) is 0 Å². The van der Waals surface area contributed by atoms with Gasteiger partial charge < -0.3 is 0 Å². The van der Waals surface area contributed by atoms with Crippen molar-refractivity contribution in [3.63, 3.8) is 0 Å². The molecule has 2 heteroatoms. The summed E-state index contributed by atoms with van der Waals surface area (Å²) < 4.78 is 0.407. The minimum absolute atomic E-state index is 0.407. The first-order valence-electron chi connectivity index (χ1n) is 3.96. The summed E-state index contributed by atoms with van der Waals surface area (Å²) in [4.78, 5) is 11.0. The maximum Gasteiger partial charge on any atom is 0.195 e. The predicted octanol–water partition coefficient (Wildman–Crippen LogP) is 2.38. The van der Waals surface area contributed by atoms with Gasteiger partial charge in [0.1, 0.15) is 0 Å². The molecule has 2 fully saturated rings. The highest BCUT2D eigenvalue weighted by atomic mass is 127. The molecule has 0 aromatic heterocycles. The Bertz CT molecular complexity index is 167. The van der Waals surface area contributed by atoms with Crippen LogP contribution in [-0.4, -0.2) is 3.79 Å². The number of hydrogen-bond acceptors (Lipinski definition) is 1. The number of fused-ring (bicyclic) bond motifs is 2. The number of carbonyl (C=O) groups excluding carboxylic acids is 1. The van der Waals surface area contributed by atoms with Gasteiger partial charge in [-0.3, -0.25) is 4.79 Å². The molecule has 0 heterocycles. The largest absolute Gasteiger partial charge is 0.287 e. The zero-order chi connectivity index (χ0) is 7.14. The highest BCUT2D eigenvalue weighted by Crippen LogP contribution is 2.49. The Hall–Kier alpha value is 0.400. The van der Waals surface area contributed by atoms with E-state index >= 15 is 0 Å². The average Bonchev–Trinajstić information content (AvgIpc) is 2.44. The molecule has 2 saturated carbocycles. The summed E-state index contributed by atoms with van der Waals surface area (Å²) in [5, 5.41) is 0. The molecule has 0 aromatic carbocycles. The van der Waals surface area contributed by atoms with Crippen LogP contribution >= 0.6 is 22.6 Å². The molecular weight excluding hydrogens is 239 g/mol. The number of carbonyl (C=O) groups is 1. The van der Waals surface area contributed by atoms with Crippen molar-refractivity contribution in [1.29, 1.82) is 0 Å². The Morgan fingerprint density at radius 2 is 2.10 bits per heavy atom. The van der Waals surface area contributed by atoms with E-state index in [2.05, 4.69) is 0 Å². The van der Waals surface area contributed by atoms with Crippen LogP contribution in [0.25, 0.3) is 0 Å². The second-order valence-electron chi connectivity index (χ2n) is 3.59. The molecule has 2 aliphatic carbocycles. The van der Waals surface area contributed by atoms with Crippen LogP contribution in [0.1, 0.15) is 25.7 Å². The smallest absolute Gasteiger partial charge is 0.195 e. The molecule has 0 aromatic rings. The zero-order valence-corrected chi connectivity index (χ0v) is 8.00. The molecule has 56 valence electrons. The minimum Gasteiger partial charge on any atom is -0.287 e. The standard InChI is InChI=1S/C8H11IO/c9-8(10)7-4-5-1-2-6(7)3-5/h5-7H,1-4H2. The van der Waals surface area contributed by atoms with Crippen molar-refractivity contribution >= 4 is 26.4 Å². The van der Waals surface area contributed by atoms with Crippen LogP contribution in [0.2, 0.25) is 0 Å². The molecule has 0 spiro atoms. The fourth-order valence-corrected chi connectivity index (χ4v) is 3.29. The molecule has 0 N–H and O–H groups in total. The molecule has 2 aliphatic rings. The third kappa shape index (κ3) is 1.00. The van der Waals surface area contributed by atoms with Crippen LogP contribution in [0, 0.1) is 17.8 Å². The van der Waals surface area contributed by atoms with E-state index in [1.54, 1.807) is 0 Å². The number of halogens is 1. The van der Waals surface area contributed by atoms with Crippen molar-refractivity contribution in [2.75, 3.05) is 0 Å². The SMILES string of the molecule is O=C(I)C1CC2CCC1C2. The van der Waals surface area contributed by atoms with Crippen molar-refractivity contribution in [2.45, 2.75) is 25.7 Å². The second kappa shape index (κ2) is 2.47. The Morgan fingerprint density at radius 1 is 1.30 bits per heavy atom. The molecule has 2 bridgehead atoms. The van der Waals surface area contributed by atoms with Gasteiger partial charge in [0.2, 0.25) is 0 Å². The normalized spacial score (nSPS) is 44.3. The number of hydrogen-bond donors (Lipinski definition) is 0. The van der Waals surface area contributed by atoms with Crippen LogP contribution in [0.15, 0.2) is 0 Å². The van der Waals surface area contributed by atoms with Gasteiger partial charge in [0, 0.05) is 5.92 Å². The van der Waals surface area contributed by atoms with Gasteiger partial charge in [0.15, 0.2) is 3.79 Å². The molecule has 1 nitrogen and oxygen atoms in total. The summed E-state index contributed by atoms with van der Waals surface area (Å²) in [5.41, 5.74) is 0. The van der Waals surface area contributed by atoms with E-state index in [1.807, 2.05) is 22.6 Å². The summed E-state index contributed by atoms with van der Waals surface area (Å²) in [6.45, 7) is 0. The summed E-state index contributed by atoms with van der Waals surface area (Å²) in [5.74, 6) is 2.13. The molecular formula is C8H11IO. The van der Waals surface area contributed by atoms with Crippen molar-refractivity contribution in [3.8, 4) is 0 Å². The minimum atomic E-state index is 0.407. The summed E-state index contributed by atoms with van der Waals surface area (Å²) >= 11 is 1.96. The van der Waals surface area contributed by atoms with Gasteiger partial charge in [-0.15, -0.1) is 0 Å². The van der Waals surface area contributed by atoms with E-state index in [4.69, 9.17) is 0 Å². The highest BCUT2D eigenvalue weighted by molar-refractivity contribution is 14.1. The van der Waals surface area contributed by atoms with E-state index in [1.165, 1.54) is 25.7 Å². The van der Waals surface area contributed by atoms with Gasteiger partial charge in [-0.1, -0.05) is 6.42 Å². The average molecular weight is 250 g/mol. The molecule has 10 heavy (non-hydrogen) atoms. The second-order valence-corrected chi connectivity index (χ2v) is 4.65. The van der Waals surface area contributed by atoms with E-state index in [9.17, 15) is 4.79 Å². The topological polar surface area (TPSA) is 17.1 Å². The summed E-state index contributed by atoms with van der Waals surface area (Å²) in [7, 11) is 0. The fourth-order valence-electron chi connectivity index (χ4n) is 2.52. The van der Waals surface area contributed by atoms with E-state index in [-0.39, 0.29) is 0 Å². The van der Waals surface area contributed by atoms with Gasteiger partial charge in [-0.2, -0.15) is 0 Å². The lowest BCUT2D eigenvalue weighted by Gasteiger charge is -2.16. The Kier molecular flexibility index (Phi) is 1.74. The highest BCUT2D eigenvalue weighted by Gasteiger charge is 2.41. The van der Waals surface area contributed by atoms with E-state index in [0.717, 1.165) is 11.8 Å². The van der Waals surface area contributed by atoms with Crippen LogP contribution in [0.3, 0.4) is 0 Å². The third-order valence-corrected chi connectivity index (χ3v) is 3.83. The van der Waals surface area contributed by atoms with Crippen LogP contribution in [0.5, 0.6) is 0 Å². The van der Waals surface area contributed by atoms with Crippen LogP contribution < -0.4 is 0 Å². The zero-order valence-electron chi connectivity index (χ0n) is 5.85. The lowest BCUT2D eigenvalue weighted by molar-refractivity contribution is -0.114. The lowest BCUT2D eigenvalue weighted by Crippen LogP contribution is -2.15. The van der Waals surface area contributed by atoms with Gasteiger partial charge in [-0.25, -0.2) is 0 Å². The molecule has 2 rings (SSSR count). The van der Waals surface area contributed by atoms with Gasteiger partial charge in [0.25, 0.3) is 0 Å². The van der Waals surface area contributed by atoms with Crippen LogP contribution in [0.4, 0.5) is 0 Å². The van der Waals surface area contributed by atoms with Crippen LogP contribution in [-0.2, 0) is 4.79 Å². The summed E-state index contributed by atoms with van der Waals surface area (Å²) in [6, 6.07) is 0. The molecule has 0 aliphatic heterocycles. The van der Waals surface area contributed by atoms with Crippen molar-refractivity contribution < 1.29 is 4.79 Å².